The average molecular weight is 433 g/mol. The van der Waals surface area contributed by atoms with Crippen LogP contribution in [0.25, 0.3) is 0 Å². The summed E-state index contributed by atoms with van der Waals surface area (Å²) in [4.78, 5) is 15.0. The molecule has 0 bridgehead atoms. The van der Waals surface area contributed by atoms with E-state index < -0.39 is 5.79 Å². The monoisotopic (exact) mass is 432 g/mol. The molecule has 150 valence electrons. The van der Waals surface area contributed by atoms with Crippen LogP contribution in [0.2, 0.25) is 10.0 Å². The Morgan fingerprint density at radius 1 is 1.28 bits per heavy atom. The molecule has 2 aromatic carbocycles. The molecule has 1 aliphatic heterocycles. The van der Waals surface area contributed by atoms with Crippen LogP contribution in [-0.2, 0) is 21.8 Å². The number of carbonyl (C=O) groups excluding carboxylic acids is 1. The molecule has 1 saturated heterocycles. The topological polar surface area (TPSA) is 62.6 Å². The quantitative estimate of drug-likeness (QED) is 0.519. The number of nitrogens with zero attached hydrogens (tertiary/aromatic N) is 2. The molecule has 1 aromatic heterocycles. The van der Waals surface area contributed by atoms with Crippen molar-refractivity contribution in [3.8, 4) is 5.75 Å². The van der Waals surface area contributed by atoms with Crippen molar-refractivity contribution in [1.82, 2.24) is 9.55 Å². The first-order valence-electron chi connectivity index (χ1n) is 8.99. The lowest BCUT2D eigenvalue weighted by Crippen LogP contribution is -2.34. The van der Waals surface area contributed by atoms with Crippen molar-refractivity contribution in [3.63, 3.8) is 0 Å². The molecule has 0 spiro atoms. The number of imidazole rings is 1. The van der Waals surface area contributed by atoms with Gasteiger partial charge in [0.25, 0.3) is 0 Å². The van der Waals surface area contributed by atoms with E-state index in [0.29, 0.717) is 40.1 Å². The summed E-state index contributed by atoms with van der Waals surface area (Å²) in [6.45, 7) is 0.950. The molecule has 2 heterocycles. The Kier molecular flexibility index (Phi) is 5.87. The summed E-state index contributed by atoms with van der Waals surface area (Å²) >= 11 is 12.5. The van der Waals surface area contributed by atoms with Crippen LogP contribution in [0.3, 0.4) is 0 Å². The summed E-state index contributed by atoms with van der Waals surface area (Å²) in [5, 5.41) is 0.988. The van der Waals surface area contributed by atoms with Crippen LogP contribution in [-0.4, -0.2) is 35.2 Å². The lowest BCUT2D eigenvalue weighted by Gasteiger charge is -2.30. The highest BCUT2D eigenvalue weighted by atomic mass is 35.5. The van der Waals surface area contributed by atoms with E-state index in [1.807, 2.05) is 10.8 Å². The number of hydrogen-bond acceptors (Lipinski definition) is 5. The standard InChI is InChI=1S/C21H18Cl2N2O4/c22-16-4-5-19(20(23)9-16)21(13-25-7-6-24-14-25)28-12-18(29-21)11-27-17-3-1-2-15(8-17)10-26/h1-10,14,18H,11-13H2/t18-,21-/m1/s1. The van der Waals surface area contributed by atoms with E-state index in [2.05, 4.69) is 4.98 Å². The van der Waals surface area contributed by atoms with Gasteiger partial charge in [0.2, 0.25) is 5.79 Å². The van der Waals surface area contributed by atoms with Gasteiger partial charge in [-0.3, -0.25) is 4.79 Å². The maximum atomic E-state index is 10.9. The maximum absolute atomic E-state index is 10.9. The fourth-order valence-corrected chi connectivity index (χ4v) is 3.79. The maximum Gasteiger partial charge on any atom is 0.215 e. The fourth-order valence-electron chi connectivity index (χ4n) is 3.24. The molecule has 0 unspecified atom stereocenters. The van der Waals surface area contributed by atoms with E-state index in [9.17, 15) is 4.79 Å². The number of aromatic nitrogens is 2. The molecule has 0 saturated carbocycles. The van der Waals surface area contributed by atoms with Crippen molar-refractivity contribution < 1.29 is 19.0 Å². The summed E-state index contributed by atoms with van der Waals surface area (Å²) in [5.41, 5.74) is 1.23. The van der Waals surface area contributed by atoms with Crippen molar-refractivity contribution in [2.75, 3.05) is 13.2 Å². The normalized spacial score (nSPS) is 21.2. The molecule has 0 amide bonds. The van der Waals surface area contributed by atoms with Crippen molar-refractivity contribution >= 4 is 29.5 Å². The second-order valence-corrected chi connectivity index (χ2v) is 7.51. The van der Waals surface area contributed by atoms with Gasteiger partial charge in [0, 0.05) is 28.5 Å². The van der Waals surface area contributed by atoms with Crippen LogP contribution in [0.1, 0.15) is 15.9 Å². The van der Waals surface area contributed by atoms with Gasteiger partial charge in [-0.1, -0.05) is 41.4 Å². The van der Waals surface area contributed by atoms with Gasteiger partial charge in [0.05, 0.1) is 24.5 Å². The van der Waals surface area contributed by atoms with Gasteiger partial charge < -0.3 is 18.8 Å². The molecule has 0 N–H and O–H groups in total. The number of halogens is 2. The smallest absolute Gasteiger partial charge is 0.215 e. The predicted molar refractivity (Wildman–Crippen MR) is 109 cm³/mol. The molecular weight excluding hydrogens is 415 g/mol. The summed E-state index contributed by atoms with van der Waals surface area (Å²) in [6.07, 6.45) is 5.65. The highest BCUT2D eigenvalue weighted by molar-refractivity contribution is 6.35. The number of benzene rings is 2. The van der Waals surface area contributed by atoms with E-state index >= 15 is 0 Å². The van der Waals surface area contributed by atoms with Crippen molar-refractivity contribution in [2.45, 2.75) is 18.4 Å². The number of aldehydes is 1. The molecule has 3 aromatic rings. The largest absolute Gasteiger partial charge is 0.491 e. The number of carbonyl (C=O) groups is 1. The molecule has 6 nitrogen and oxygen atoms in total. The Bertz CT molecular complexity index is 996. The summed E-state index contributed by atoms with van der Waals surface area (Å²) < 4.78 is 20.1. The van der Waals surface area contributed by atoms with Gasteiger partial charge in [-0.15, -0.1) is 0 Å². The Balaban J connectivity index is 1.54. The van der Waals surface area contributed by atoms with Gasteiger partial charge in [0.1, 0.15) is 24.7 Å². The molecule has 4 rings (SSSR count). The first-order valence-corrected chi connectivity index (χ1v) is 9.75. The van der Waals surface area contributed by atoms with E-state index in [0.717, 1.165) is 6.29 Å². The molecule has 1 aliphatic rings. The number of rotatable bonds is 7. The van der Waals surface area contributed by atoms with Crippen LogP contribution in [0.5, 0.6) is 5.75 Å². The zero-order chi connectivity index (χ0) is 20.3. The highest BCUT2D eigenvalue weighted by Gasteiger charge is 2.45. The van der Waals surface area contributed by atoms with Crippen molar-refractivity contribution in [3.05, 3.63) is 82.4 Å². The molecule has 0 aliphatic carbocycles. The lowest BCUT2D eigenvalue weighted by molar-refractivity contribution is -0.189. The SMILES string of the molecule is O=Cc1cccc(OC[C@@H]2CO[C@@](Cn3ccnc3)(c3ccc(Cl)cc3Cl)O2)c1. The van der Waals surface area contributed by atoms with Gasteiger partial charge in [-0.25, -0.2) is 4.98 Å². The fraction of sp³-hybridized carbons (Fsp3) is 0.238. The van der Waals surface area contributed by atoms with Crippen LogP contribution < -0.4 is 4.74 Å². The Hall–Kier alpha value is -2.38. The third kappa shape index (κ3) is 4.46. The van der Waals surface area contributed by atoms with Crippen molar-refractivity contribution in [2.24, 2.45) is 0 Å². The zero-order valence-electron chi connectivity index (χ0n) is 15.3. The summed E-state index contributed by atoms with van der Waals surface area (Å²) in [5.74, 6) is -0.504. The van der Waals surface area contributed by atoms with Gasteiger partial charge in [0.15, 0.2) is 0 Å². The number of ether oxygens (including phenoxy) is 3. The van der Waals surface area contributed by atoms with Gasteiger partial charge in [-0.05, 0) is 24.3 Å². The minimum absolute atomic E-state index is 0.263. The zero-order valence-corrected chi connectivity index (χ0v) is 16.8. The molecular formula is C21H18Cl2N2O4. The van der Waals surface area contributed by atoms with Crippen LogP contribution in [0.15, 0.2) is 61.2 Å². The van der Waals surface area contributed by atoms with Crippen molar-refractivity contribution in [1.29, 1.82) is 0 Å². The minimum atomic E-state index is -1.10. The molecule has 1 fully saturated rings. The van der Waals surface area contributed by atoms with Crippen LogP contribution >= 0.6 is 23.2 Å². The Morgan fingerprint density at radius 2 is 2.17 bits per heavy atom. The third-order valence-corrected chi connectivity index (χ3v) is 5.13. The molecule has 8 heteroatoms. The van der Waals surface area contributed by atoms with E-state index in [-0.39, 0.29) is 12.7 Å². The van der Waals surface area contributed by atoms with E-state index in [4.69, 9.17) is 37.4 Å². The molecule has 2 atom stereocenters. The molecule has 29 heavy (non-hydrogen) atoms. The Labute approximate surface area is 177 Å². The summed E-state index contributed by atoms with van der Waals surface area (Å²) in [7, 11) is 0. The van der Waals surface area contributed by atoms with Gasteiger partial charge >= 0.3 is 0 Å². The highest BCUT2D eigenvalue weighted by Crippen LogP contribution is 2.40. The predicted octanol–water partition coefficient (Wildman–Crippen LogP) is 4.35. The number of hydrogen-bond donors (Lipinski definition) is 0. The van der Waals surface area contributed by atoms with Crippen LogP contribution in [0, 0.1) is 0 Å². The molecule has 0 radical (unpaired) electrons. The van der Waals surface area contributed by atoms with Crippen LogP contribution in [0.4, 0.5) is 0 Å². The first kappa shape index (κ1) is 19.9. The van der Waals surface area contributed by atoms with Gasteiger partial charge in [-0.2, -0.15) is 0 Å². The van der Waals surface area contributed by atoms with E-state index in [1.54, 1.807) is 55.0 Å². The second kappa shape index (κ2) is 8.55. The lowest BCUT2D eigenvalue weighted by atomic mass is 10.1. The second-order valence-electron chi connectivity index (χ2n) is 6.66. The summed E-state index contributed by atoms with van der Waals surface area (Å²) in [6, 6.07) is 12.2. The first-order chi connectivity index (χ1) is 14.1. The Morgan fingerprint density at radius 3 is 2.93 bits per heavy atom. The average Bonchev–Trinajstić information content (AvgIpc) is 3.37. The third-order valence-electron chi connectivity index (χ3n) is 4.58. The minimum Gasteiger partial charge on any atom is -0.491 e. The van der Waals surface area contributed by atoms with E-state index in [1.165, 1.54) is 0 Å².